The lowest BCUT2D eigenvalue weighted by atomic mass is 9.46. The van der Waals surface area contributed by atoms with Crippen LogP contribution in [0.25, 0.3) is 0 Å². The van der Waals surface area contributed by atoms with Gasteiger partial charge in [-0.3, -0.25) is 9.63 Å². The number of hydrogen-bond donors (Lipinski definition) is 1. The van der Waals surface area contributed by atoms with E-state index in [-0.39, 0.29) is 16.9 Å². The third-order valence-electron chi connectivity index (χ3n) is 11.0. The largest absolute Gasteiger partial charge is 0.435 e. The Morgan fingerprint density at radius 1 is 1.11 bits per heavy atom. The lowest BCUT2D eigenvalue weighted by Gasteiger charge is -2.58. The zero-order chi connectivity index (χ0) is 24.8. The SMILES string of the molecule is C/C(=N\OC(=O)N(C)C[C@@H]1CCCCN1)[C@H]1CCC2[C@@H]3CCC4=CC(=O)CC[C@]4(C)[C@H]3CC[C@@]21C. The first kappa shape index (κ1) is 25.0. The first-order valence-electron chi connectivity index (χ1n) is 14.2. The maximum absolute atomic E-state index is 12.6. The molecule has 0 aromatic carbocycles. The van der Waals surface area contributed by atoms with Crippen LogP contribution in [0.1, 0.15) is 91.4 Å². The molecule has 1 aliphatic heterocycles. The molecule has 3 saturated carbocycles. The van der Waals surface area contributed by atoms with E-state index < -0.39 is 0 Å². The fourth-order valence-corrected chi connectivity index (χ4v) is 8.97. The van der Waals surface area contributed by atoms with Crippen LogP contribution < -0.4 is 5.32 Å². The Hall–Kier alpha value is -1.69. The Morgan fingerprint density at radius 2 is 1.94 bits per heavy atom. The van der Waals surface area contributed by atoms with Gasteiger partial charge in [0, 0.05) is 32.0 Å². The van der Waals surface area contributed by atoms with E-state index in [1.807, 2.05) is 13.1 Å². The van der Waals surface area contributed by atoms with E-state index in [9.17, 15) is 9.59 Å². The molecule has 0 bridgehead atoms. The molecule has 5 rings (SSSR count). The van der Waals surface area contributed by atoms with Crippen LogP contribution in [-0.4, -0.2) is 48.7 Å². The summed E-state index contributed by atoms with van der Waals surface area (Å²) in [4.78, 5) is 31.8. The number of piperidine rings is 1. The van der Waals surface area contributed by atoms with Gasteiger partial charge in [0.1, 0.15) is 0 Å². The number of fused-ring (bicyclic) bond motifs is 5. The summed E-state index contributed by atoms with van der Waals surface area (Å²) in [5.41, 5.74) is 2.86. The summed E-state index contributed by atoms with van der Waals surface area (Å²) < 4.78 is 0. The number of nitrogens with zero attached hydrogens (tertiary/aromatic N) is 2. The van der Waals surface area contributed by atoms with Gasteiger partial charge in [0.25, 0.3) is 0 Å². The lowest BCUT2D eigenvalue weighted by Crippen LogP contribution is -2.51. The quantitative estimate of drug-likeness (QED) is 0.315. The number of nitrogens with one attached hydrogen (secondary N) is 1. The van der Waals surface area contributed by atoms with Gasteiger partial charge in [0.05, 0.1) is 5.71 Å². The molecule has 194 valence electrons. The van der Waals surface area contributed by atoms with Crippen LogP contribution in [0.4, 0.5) is 4.79 Å². The zero-order valence-corrected chi connectivity index (χ0v) is 22.3. The number of carbonyl (C=O) groups is 2. The van der Waals surface area contributed by atoms with Gasteiger partial charge in [-0.2, -0.15) is 0 Å². The third-order valence-corrected chi connectivity index (χ3v) is 11.0. The second-order valence-electron chi connectivity index (χ2n) is 12.8. The molecule has 0 radical (unpaired) electrons. The molecule has 0 spiro atoms. The van der Waals surface area contributed by atoms with E-state index in [1.54, 1.807) is 4.90 Å². The third kappa shape index (κ3) is 4.49. The van der Waals surface area contributed by atoms with E-state index in [0.717, 1.165) is 50.3 Å². The maximum atomic E-state index is 12.6. The van der Waals surface area contributed by atoms with Crippen molar-refractivity contribution in [2.45, 2.75) is 97.4 Å². The molecular weight excluding hydrogens is 438 g/mol. The smallest absolute Gasteiger partial charge is 0.312 e. The monoisotopic (exact) mass is 483 g/mol. The molecule has 6 nitrogen and oxygen atoms in total. The summed E-state index contributed by atoms with van der Waals surface area (Å²) >= 11 is 0. The molecule has 6 heteroatoms. The number of hydrogen-bond acceptors (Lipinski definition) is 5. The van der Waals surface area contributed by atoms with E-state index in [4.69, 9.17) is 4.84 Å². The predicted molar refractivity (Wildman–Crippen MR) is 138 cm³/mol. The van der Waals surface area contributed by atoms with Crippen molar-refractivity contribution in [2.75, 3.05) is 20.1 Å². The fourth-order valence-electron chi connectivity index (χ4n) is 8.97. The fraction of sp³-hybridized carbons (Fsp3) is 0.828. The predicted octanol–water partition coefficient (Wildman–Crippen LogP) is 5.72. The van der Waals surface area contributed by atoms with Crippen molar-refractivity contribution in [1.29, 1.82) is 0 Å². The molecule has 35 heavy (non-hydrogen) atoms. The van der Waals surface area contributed by atoms with Crippen LogP contribution in [0.15, 0.2) is 16.8 Å². The molecule has 7 atom stereocenters. The Kier molecular flexibility index (Phi) is 6.88. The van der Waals surface area contributed by atoms with E-state index in [0.29, 0.717) is 36.1 Å². The van der Waals surface area contributed by atoms with Gasteiger partial charge in [-0.25, -0.2) is 4.79 Å². The number of oxime groups is 1. The van der Waals surface area contributed by atoms with Crippen LogP contribution in [0.5, 0.6) is 0 Å². The van der Waals surface area contributed by atoms with Crippen LogP contribution in [0.2, 0.25) is 0 Å². The van der Waals surface area contributed by atoms with Crippen LogP contribution in [0, 0.1) is 34.5 Å². The second kappa shape index (κ2) is 9.64. The van der Waals surface area contributed by atoms with Crippen molar-refractivity contribution in [3.05, 3.63) is 11.6 Å². The number of rotatable bonds is 4. The number of ketones is 1. The van der Waals surface area contributed by atoms with Crippen molar-refractivity contribution in [1.82, 2.24) is 10.2 Å². The molecule has 1 heterocycles. The van der Waals surface area contributed by atoms with Gasteiger partial charge in [0.2, 0.25) is 0 Å². The van der Waals surface area contributed by atoms with E-state index >= 15 is 0 Å². The Balaban J connectivity index is 1.24. The van der Waals surface area contributed by atoms with Crippen molar-refractivity contribution < 1.29 is 14.4 Å². The maximum Gasteiger partial charge on any atom is 0.435 e. The molecule has 4 aliphatic carbocycles. The van der Waals surface area contributed by atoms with Crippen molar-refractivity contribution in [3.63, 3.8) is 0 Å². The van der Waals surface area contributed by atoms with Crippen molar-refractivity contribution in [2.24, 2.45) is 39.7 Å². The highest BCUT2D eigenvalue weighted by Gasteiger charge is 2.59. The minimum Gasteiger partial charge on any atom is -0.312 e. The number of amides is 1. The normalized spacial score (nSPS) is 41.4. The Morgan fingerprint density at radius 3 is 2.71 bits per heavy atom. The van der Waals surface area contributed by atoms with Gasteiger partial charge in [-0.1, -0.05) is 31.0 Å². The molecular formula is C29H45N3O3. The number of allylic oxidation sites excluding steroid dienone is 1. The van der Waals surface area contributed by atoms with Crippen LogP contribution in [0.3, 0.4) is 0 Å². The van der Waals surface area contributed by atoms with Gasteiger partial charge >= 0.3 is 6.09 Å². The summed E-state index contributed by atoms with van der Waals surface area (Å²) in [6.07, 6.45) is 14.1. The molecule has 1 N–H and O–H groups in total. The summed E-state index contributed by atoms with van der Waals surface area (Å²) in [6, 6.07) is 0.353. The molecule has 4 fully saturated rings. The van der Waals surface area contributed by atoms with Crippen LogP contribution >= 0.6 is 0 Å². The van der Waals surface area contributed by atoms with E-state index in [1.165, 1.54) is 44.1 Å². The Labute approximate surface area is 211 Å². The highest BCUT2D eigenvalue weighted by Crippen LogP contribution is 2.66. The average molecular weight is 484 g/mol. The Bertz CT molecular complexity index is 907. The van der Waals surface area contributed by atoms with Gasteiger partial charge in [0.15, 0.2) is 5.78 Å². The van der Waals surface area contributed by atoms with Gasteiger partial charge in [-0.15, -0.1) is 0 Å². The van der Waals surface area contributed by atoms with Crippen molar-refractivity contribution >= 4 is 17.6 Å². The van der Waals surface area contributed by atoms with Crippen LogP contribution in [-0.2, 0) is 9.63 Å². The number of carbonyl (C=O) groups excluding carboxylic acids is 2. The topological polar surface area (TPSA) is 71.0 Å². The molecule has 0 aromatic rings. The average Bonchev–Trinajstić information content (AvgIpc) is 3.20. The molecule has 0 aromatic heterocycles. The van der Waals surface area contributed by atoms with E-state index in [2.05, 4.69) is 31.2 Å². The minimum atomic E-state index is -0.355. The first-order valence-corrected chi connectivity index (χ1v) is 14.2. The highest BCUT2D eigenvalue weighted by molar-refractivity contribution is 5.91. The molecule has 1 amide bonds. The standard InChI is InChI=1S/C29H45N3O3/c1-19(31-35-27(34)32(4)18-21-7-5-6-16-30-21)24-10-11-25-23-9-8-20-17-22(33)12-14-28(20,2)26(23)13-15-29(24,25)3/h17,21,23-26,30H,5-16,18H2,1-4H3/b31-19+/t21-,23-,24+,25?,26-,28-,29+/m0/s1. The first-order chi connectivity index (χ1) is 16.7. The summed E-state index contributed by atoms with van der Waals surface area (Å²) in [7, 11) is 1.81. The van der Waals surface area contributed by atoms with Gasteiger partial charge < -0.3 is 10.2 Å². The second-order valence-corrected chi connectivity index (χ2v) is 12.8. The lowest BCUT2D eigenvalue weighted by molar-refractivity contribution is -0.117. The van der Waals surface area contributed by atoms with Gasteiger partial charge in [-0.05, 0) is 106 Å². The molecule has 5 aliphatic rings. The molecule has 1 unspecified atom stereocenters. The summed E-state index contributed by atoms with van der Waals surface area (Å²) in [5.74, 6) is 2.84. The summed E-state index contributed by atoms with van der Waals surface area (Å²) in [5, 5.41) is 7.90. The van der Waals surface area contributed by atoms with Crippen molar-refractivity contribution in [3.8, 4) is 0 Å². The zero-order valence-electron chi connectivity index (χ0n) is 22.3. The number of likely N-dealkylation sites (N-methyl/N-ethyl adjacent to an activating group) is 1. The molecule has 1 saturated heterocycles. The minimum absolute atomic E-state index is 0.215. The summed E-state index contributed by atoms with van der Waals surface area (Å²) in [6.45, 7) is 8.69. The highest BCUT2D eigenvalue weighted by atomic mass is 16.7.